The summed E-state index contributed by atoms with van der Waals surface area (Å²) in [6, 6.07) is 4.05. The third-order valence-electron chi connectivity index (χ3n) is 4.89. The van der Waals surface area contributed by atoms with E-state index in [-0.39, 0.29) is 13.0 Å². The summed E-state index contributed by atoms with van der Waals surface area (Å²) in [4.78, 5) is 9.64. The Hall–Kier alpha value is -2.71. The molecule has 0 radical (unpaired) electrons. The zero-order valence-corrected chi connectivity index (χ0v) is 20.3. The largest absolute Gasteiger partial charge is 0.493 e. The van der Waals surface area contributed by atoms with Gasteiger partial charge in [-0.2, -0.15) is 0 Å². The number of carbonyl (C=O) groups excluding carboxylic acids is 1. The van der Waals surface area contributed by atoms with E-state index in [1.807, 2.05) is 26.0 Å². The highest BCUT2D eigenvalue weighted by Gasteiger charge is 2.18. The summed E-state index contributed by atoms with van der Waals surface area (Å²) in [5.41, 5.74) is 9.73. The Labute approximate surface area is 193 Å². The second-order valence-electron chi connectivity index (χ2n) is 8.08. The van der Waals surface area contributed by atoms with Crippen molar-refractivity contribution < 1.29 is 19.1 Å². The van der Waals surface area contributed by atoms with E-state index in [2.05, 4.69) is 42.1 Å². The molecule has 7 nitrogen and oxygen atoms in total. The Bertz CT molecular complexity index is 988. The fraction of sp³-hybridized carbons (Fsp3) is 0.458. The van der Waals surface area contributed by atoms with Crippen molar-refractivity contribution in [2.24, 2.45) is 11.7 Å². The lowest BCUT2D eigenvalue weighted by molar-refractivity contribution is -0.106. The van der Waals surface area contributed by atoms with E-state index in [0.717, 1.165) is 46.6 Å². The van der Waals surface area contributed by atoms with Crippen molar-refractivity contribution in [3.63, 3.8) is 0 Å². The first kappa shape index (κ1) is 25.5. The molecule has 0 spiro atoms. The molecule has 8 heteroatoms. The number of hydrogen-bond donors (Lipinski definition) is 2. The van der Waals surface area contributed by atoms with Crippen LogP contribution in [0.25, 0.3) is 22.2 Å². The lowest BCUT2D eigenvalue weighted by Crippen LogP contribution is -2.02. The number of ether oxygens (including phenoxy) is 1. The third kappa shape index (κ3) is 6.64. The van der Waals surface area contributed by atoms with Gasteiger partial charge in [0, 0.05) is 12.2 Å². The molecule has 0 aliphatic carbocycles. The maximum atomic E-state index is 8.90. The lowest BCUT2D eigenvalue weighted by Gasteiger charge is -2.13. The number of aliphatic hydroxyl groups is 1. The average molecular weight is 460 g/mol. The average Bonchev–Trinajstić information content (AvgIpc) is 3.34. The van der Waals surface area contributed by atoms with Crippen LogP contribution in [0, 0.1) is 26.7 Å². The first-order chi connectivity index (χ1) is 15.3. The molecule has 1 amide bonds. The van der Waals surface area contributed by atoms with Crippen LogP contribution >= 0.6 is 11.3 Å². The van der Waals surface area contributed by atoms with Crippen molar-refractivity contribution in [1.82, 2.24) is 10.2 Å². The quantitative estimate of drug-likeness (QED) is 0.350. The van der Waals surface area contributed by atoms with Crippen molar-refractivity contribution in [2.75, 3.05) is 13.2 Å². The molecule has 0 fully saturated rings. The summed E-state index contributed by atoms with van der Waals surface area (Å²) in [5.74, 6) is 2.61. The van der Waals surface area contributed by atoms with Crippen LogP contribution in [0.2, 0.25) is 0 Å². The minimum Gasteiger partial charge on any atom is -0.493 e. The zero-order chi connectivity index (χ0) is 23.7. The normalized spacial score (nSPS) is 10.7. The minimum absolute atomic E-state index is 0.197. The van der Waals surface area contributed by atoms with Crippen LogP contribution in [0.15, 0.2) is 21.9 Å². The van der Waals surface area contributed by atoms with Gasteiger partial charge in [-0.1, -0.05) is 13.8 Å². The number of aliphatic hydroxyl groups excluding tert-OH is 1. The number of thiophene rings is 1. The number of primary amides is 1. The number of nitrogens with two attached hydrogens (primary N) is 1. The highest BCUT2D eigenvalue weighted by atomic mass is 32.1. The summed E-state index contributed by atoms with van der Waals surface area (Å²) < 4.78 is 11.9. The molecular weight excluding hydrogens is 426 g/mol. The third-order valence-corrected chi connectivity index (χ3v) is 6.01. The Morgan fingerprint density at radius 2 is 1.78 bits per heavy atom. The van der Waals surface area contributed by atoms with Crippen molar-refractivity contribution in [3.05, 3.63) is 39.8 Å². The Balaban J connectivity index is 0.00000114. The molecule has 0 aliphatic rings. The molecule has 0 atom stereocenters. The first-order valence-electron chi connectivity index (χ1n) is 10.7. The maximum Gasteiger partial charge on any atom is 0.258 e. The van der Waals surface area contributed by atoms with Crippen LogP contribution in [0.4, 0.5) is 0 Å². The molecule has 0 aliphatic heterocycles. The molecule has 0 bridgehead atoms. The predicted molar refractivity (Wildman–Crippen MR) is 128 cm³/mol. The van der Waals surface area contributed by atoms with Gasteiger partial charge in [0.15, 0.2) is 0 Å². The maximum absolute atomic E-state index is 8.90. The fourth-order valence-electron chi connectivity index (χ4n) is 3.43. The van der Waals surface area contributed by atoms with Crippen LogP contribution in [-0.4, -0.2) is 34.9 Å². The summed E-state index contributed by atoms with van der Waals surface area (Å²) >= 11 is 1.67. The van der Waals surface area contributed by atoms with Gasteiger partial charge in [-0.15, -0.1) is 21.5 Å². The molecule has 0 saturated heterocycles. The number of nitrogens with zero attached hydrogens (tertiary/aromatic N) is 2. The smallest absolute Gasteiger partial charge is 0.258 e. The number of hydrogen-bond acceptors (Lipinski definition) is 7. The highest BCUT2D eigenvalue weighted by Crippen LogP contribution is 2.35. The molecule has 0 unspecified atom stereocenters. The van der Waals surface area contributed by atoms with E-state index >= 15 is 0 Å². The number of benzene rings is 1. The van der Waals surface area contributed by atoms with Crippen molar-refractivity contribution in [3.8, 4) is 28.0 Å². The van der Waals surface area contributed by atoms with Crippen LogP contribution in [0.1, 0.15) is 48.9 Å². The van der Waals surface area contributed by atoms with E-state index in [0.29, 0.717) is 24.3 Å². The number of amides is 1. The molecule has 3 aromatic rings. The van der Waals surface area contributed by atoms with E-state index in [9.17, 15) is 0 Å². The molecular formula is C24H33N3O4S. The molecule has 32 heavy (non-hydrogen) atoms. The molecule has 2 aromatic heterocycles. The van der Waals surface area contributed by atoms with E-state index < -0.39 is 0 Å². The molecule has 3 N–H and O–H groups in total. The van der Waals surface area contributed by atoms with Gasteiger partial charge in [-0.05, 0) is 85.7 Å². The first-order valence-corrected chi connectivity index (χ1v) is 11.6. The topological polar surface area (TPSA) is 111 Å². The summed E-state index contributed by atoms with van der Waals surface area (Å²) in [7, 11) is 0. The predicted octanol–water partition coefficient (Wildman–Crippen LogP) is 4.84. The van der Waals surface area contributed by atoms with E-state index in [4.69, 9.17) is 19.1 Å². The van der Waals surface area contributed by atoms with Gasteiger partial charge in [0.25, 0.3) is 5.89 Å². The number of aryl methyl sites for hydroxylation is 2. The number of aromatic nitrogens is 2. The van der Waals surface area contributed by atoms with Crippen molar-refractivity contribution in [1.29, 1.82) is 0 Å². The van der Waals surface area contributed by atoms with E-state index in [1.165, 1.54) is 11.1 Å². The summed E-state index contributed by atoms with van der Waals surface area (Å²) in [5, 5.41) is 19.7. The van der Waals surface area contributed by atoms with Gasteiger partial charge in [0.1, 0.15) is 5.75 Å². The minimum atomic E-state index is 0.197. The van der Waals surface area contributed by atoms with E-state index in [1.54, 1.807) is 11.3 Å². The van der Waals surface area contributed by atoms with Gasteiger partial charge in [0.2, 0.25) is 12.3 Å². The van der Waals surface area contributed by atoms with Crippen LogP contribution in [0.5, 0.6) is 5.75 Å². The van der Waals surface area contributed by atoms with Crippen LogP contribution < -0.4 is 10.5 Å². The van der Waals surface area contributed by atoms with Gasteiger partial charge < -0.3 is 20.0 Å². The summed E-state index contributed by atoms with van der Waals surface area (Å²) in [6.45, 7) is 11.4. The second-order valence-corrected chi connectivity index (χ2v) is 8.96. The Morgan fingerprint density at radius 3 is 2.38 bits per heavy atom. The van der Waals surface area contributed by atoms with Crippen LogP contribution in [-0.2, 0) is 11.2 Å². The fourth-order valence-corrected chi connectivity index (χ4v) is 4.45. The molecule has 2 heterocycles. The van der Waals surface area contributed by atoms with Gasteiger partial charge in [-0.25, -0.2) is 0 Å². The monoisotopic (exact) mass is 459 g/mol. The molecule has 3 rings (SSSR count). The Morgan fingerprint density at radius 1 is 1.16 bits per heavy atom. The number of rotatable bonds is 9. The molecule has 1 aromatic carbocycles. The van der Waals surface area contributed by atoms with Crippen LogP contribution in [0.3, 0.4) is 0 Å². The van der Waals surface area contributed by atoms with Crippen molar-refractivity contribution >= 4 is 17.7 Å². The molecule has 0 saturated carbocycles. The standard InChI is InChI=1S/C23H30N2O3S.CH3NO/c1-14(2)10-19-13-29-21(17(19)5)23-25-24-22(28-23)18-11-15(3)20(16(4)12-18)27-9-7-6-8-26;2-1-3/h11-14,26H,6-10H2,1-5H3;1H,(H2,2,3). The number of unbranched alkanes of at least 4 members (excludes halogenated alkanes) is 1. The number of carbonyl (C=O) groups is 1. The van der Waals surface area contributed by atoms with Gasteiger partial charge in [-0.3, -0.25) is 4.79 Å². The van der Waals surface area contributed by atoms with Crippen molar-refractivity contribution in [2.45, 2.75) is 53.9 Å². The Kier molecular flexibility index (Phi) is 9.87. The SMILES string of the molecule is Cc1cc(-c2nnc(-c3scc(CC(C)C)c3C)o2)cc(C)c1OCCCCO.NC=O. The highest BCUT2D eigenvalue weighted by molar-refractivity contribution is 7.13. The van der Waals surface area contributed by atoms with Gasteiger partial charge in [0.05, 0.1) is 11.5 Å². The molecule has 174 valence electrons. The second kappa shape index (κ2) is 12.4. The zero-order valence-electron chi connectivity index (χ0n) is 19.5. The lowest BCUT2D eigenvalue weighted by atomic mass is 10.0. The van der Waals surface area contributed by atoms with Gasteiger partial charge >= 0.3 is 0 Å². The summed E-state index contributed by atoms with van der Waals surface area (Å²) in [6.07, 6.45) is 2.90.